The Hall–Kier alpha value is -1.94. The summed E-state index contributed by atoms with van der Waals surface area (Å²) in [6.45, 7) is 3.97. The molecule has 94 valence electrons. The Bertz CT molecular complexity index is 573. The second-order valence-electron chi connectivity index (χ2n) is 4.94. The van der Waals surface area contributed by atoms with Crippen LogP contribution in [0, 0.1) is 5.41 Å². The van der Waals surface area contributed by atoms with Gasteiger partial charge in [0, 0.05) is 35.4 Å². The molecule has 0 radical (unpaired) electrons. The standard InChI is InChI=1S/C14H17N3O/c1-14(2,9-15)13(18)17-12-5-3-4-10-8-16-7-6-11(10)12/h3-8H,9,15H2,1-2H3,(H,17,18). The van der Waals surface area contributed by atoms with Crippen LogP contribution in [0.4, 0.5) is 5.69 Å². The van der Waals surface area contributed by atoms with Crippen molar-refractivity contribution in [1.82, 2.24) is 4.98 Å². The lowest BCUT2D eigenvalue weighted by molar-refractivity contribution is -0.123. The van der Waals surface area contributed by atoms with Crippen molar-refractivity contribution in [1.29, 1.82) is 0 Å². The van der Waals surface area contributed by atoms with E-state index in [2.05, 4.69) is 10.3 Å². The van der Waals surface area contributed by atoms with Gasteiger partial charge in [0.25, 0.3) is 0 Å². The number of amides is 1. The molecule has 1 amide bonds. The zero-order chi connectivity index (χ0) is 13.2. The van der Waals surface area contributed by atoms with Crippen molar-refractivity contribution in [2.75, 3.05) is 11.9 Å². The van der Waals surface area contributed by atoms with E-state index in [9.17, 15) is 4.79 Å². The number of hydrogen-bond acceptors (Lipinski definition) is 3. The van der Waals surface area contributed by atoms with E-state index in [1.807, 2.05) is 38.1 Å². The SMILES string of the molecule is CC(C)(CN)C(=O)Nc1cccc2cnccc12. The van der Waals surface area contributed by atoms with Crippen LogP contribution in [-0.2, 0) is 4.79 Å². The lowest BCUT2D eigenvalue weighted by Crippen LogP contribution is -2.37. The van der Waals surface area contributed by atoms with Crippen LogP contribution in [0.2, 0.25) is 0 Å². The van der Waals surface area contributed by atoms with Crippen molar-refractivity contribution in [2.24, 2.45) is 11.1 Å². The third kappa shape index (κ3) is 2.33. The van der Waals surface area contributed by atoms with E-state index >= 15 is 0 Å². The second-order valence-corrected chi connectivity index (χ2v) is 4.94. The van der Waals surface area contributed by atoms with Gasteiger partial charge in [-0.05, 0) is 26.0 Å². The topological polar surface area (TPSA) is 68.0 Å². The fourth-order valence-electron chi connectivity index (χ4n) is 1.62. The highest BCUT2D eigenvalue weighted by molar-refractivity contribution is 6.03. The van der Waals surface area contributed by atoms with Gasteiger partial charge in [-0.2, -0.15) is 0 Å². The maximum atomic E-state index is 12.1. The molecule has 4 nitrogen and oxygen atoms in total. The fourth-order valence-corrected chi connectivity index (χ4v) is 1.62. The van der Waals surface area contributed by atoms with E-state index in [1.165, 1.54) is 0 Å². The molecule has 0 aliphatic carbocycles. The van der Waals surface area contributed by atoms with Gasteiger partial charge in [0.15, 0.2) is 0 Å². The molecule has 0 spiro atoms. The summed E-state index contributed by atoms with van der Waals surface area (Å²) in [5.41, 5.74) is 5.82. The summed E-state index contributed by atoms with van der Waals surface area (Å²) in [7, 11) is 0. The highest BCUT2D eigenvalue weighted by Crippen LogP contribution is 2.24. The number of nitrogens with one attached hydrogen (secondary N) is 1. The molecule has 3 N–H and O–H groups in total. The Labute approximate surface area is 106 Å². The Morgan fingerprint density at radius 3 is 2.89 bits per heavy atom. The number of carbonyl (C=O) groups is 1. The molecule has 0 saturated heterocycles. The number of pyridine rings is 1. The number of anilines is 1. The molecule has 2 rings (SSSR count). The number of hydrogen-bond donors (Lipinski definition) is 2. The lowest BCUT2D eigenvalue weighted by atomic mass is 9.92. The van der Waals surface area contributed by atoms with Crippen LogP contribution in [0.3, 0.4) is 0 Å². The summed E-state index contributed by atoms with van der Waals surface area (Å²) in [4.78, 5) is 16.2. The predicted octanol–water partition coefficient (Wildman–Crippen LogP) is 2.16. The summed E-state index contributed by atoms with van der Waals surface area (Å²) < 4.78 is 0. The molecule has 1 aromatic heterocycles. The van der Waals surface area contributed by atoms with Crippen molar-refractivity contribution < 1.29 is 4.79 Å². The van der Waals surface area contributed by atoms with Gasteiger partial charge in [-0.15, -0.1) is 0 Å². The normalized spacial score (nSPS) is 11.5. The maximum absolute atomic E-state index is 12.1. The Kier molecular flexibility index (Phi) is 3.30. The molecule has 0 fully saturated rings. The lowest BCUT2D eigenvalue weighted by Gasteiger charge is -2.21. The number of aromatic nitrogens is 1. The van der Waals surface area contributed by atoms with Crippen LogP contribution in [0.25, 0.3) is 10.8 Å². The first-order valence-corrected chi connectivity index (χ1v) is 5.89. The molecular formula is C14H17N3O. The van der Waals surface area contributed by atoms with Crippen LogP contribution in [-0.4, -0.2) is 17.4 Å². The predicted molar refractivity (Wildman–Crippen MR) is 73.2 cm³/mol. The monoisotopic (exact) mass is 243 g/mol. The average Bonchev–Trinajstić information content (AvgIpc) is 2.39. The smallest absolute Gasteiger partial charge is 0.231 e. The molecule has 4 heteroatoms. The average molecular weight is 243 g/mol. The fraction of sp³-hybridized carbons (Fsp3) is 0.286. The van der Waals surface area contributed by atoms with Crippen molar-refractivity contribution in [3.05, 3.63) is 36.7 Å². The number of fused-ring (bicyclic) bond motifs is 1. The minimum Gasteiger partial charge on any atom is -0.329 e. The highest BCUT2D eigenvalue weighted by atomic mass is 16.2. The first-order valence-electron chi connectivity index (χ1n) is 5.89. The molecule has 0 atom stereocenters. The van der Waals surface area contributed by atoms with Crippen LogP contribution >= 0.6 is 0 Å². The molecule has 0 unspecified atom stereocenters. The minimum absolute atomic E-state index is 0.0747. The molecule has 0 bridgehead atoms. The van der Waals surface area contributed by atoms with Gasteiger partial charge < -0.3 is 11.1 Å². The maximum Gasteiger partial charge on any atom is 0.231 e. The van der Waals surface area contributed by atoms with Crippen LogP contribution in [0.15, 0.2) is 36.7 Å². The number of carbonyl (C=O) groups excluding carboxylic acids is 1. The largest absolute Gasteiger partial charge is 0.329 e. The Morgan fingerprint density at radius 2 is 2.17 bits per heavy atom. The van der Waals surface area contributed by atoms with Crippen molar-refractivity contribution >= 4 is 22.4 Å². The summed E-state index contributed by atoms with van der Waals surface area (Å²) in [5, 5.41) is 4.91. The summed E-state index contributed by atoms with van der Waals surface area (Å²) in [6, 6.07) is 7.63. The third-order valence-corrected chi connectivity index (χ3v) is 3.05. The minimum atomic E-state index is -0.574. The van der Waals surface area contributed by atoms with E-state index in [4.69, 9.17) is 5.73 Å². The zero-order valence-corrected chi connectivity index (χ0v) is 10.6. The van der Waals surface area contributed by atoms with E-state index in [0.29, 0.717) is 6.54 Å². The van der Waals surface area contributed by atoms with Gasteiger partial charge in [0.05, 0.1) is 5.41 Å². The Balaban J connectivity index is 2.36. The van der Waals surface area contributed by atoms with Crippen molar-refractivity contribution in [2.45, 2.75) is 13.8 Å². The molecular weight excluding hydrogens is 226 g/mol. The van der Waals surface area contributed by atoms with Crippen LogP contribution < -0.4 is 11.1 Å². The molecule has 18 heavy (non-hydrogen) atoms. The molecule has 0 aliphatic heterocycles. The Morgan fingerprint density at radius 1 is 1.39 bits per heavy atom. The van der Waals surface area contributed by atoms with Crippen molar-refractivity contribution in [3.8, 4) is 0 Å². The zero-order valence-electron chi connectivity index (χ0n) is 10.6. The number of nitrogens with zero attached hydrogens (tertiary/aromatic N) is 1. The highest BCUT2D eigenvalue weighted by Gasteiger charge is 2.26. The van der Waals surface area contributed by atoms with Gasteiger partial charge in [0.1, 0.15) is 0 Å². The second kappa shape index (κ2) is 4.74. The molecule has 0 aliphatic rings. The van der Waals surface area contributed by atoms with Gasteiger partial charge in [-0.25, -0.2) is 0 Å². The van der Waals surface area contributed by atoms with E-state index in [0.717, 1.165) is 16.5 Å². The van der Waals surface area contributed by atoms with Gasteiger partial charge >= 0.3 is 0 Å². The van der Waals surface area contributed by atoms with Crippen LogP contribution in [0.1, 0.15) is 13.8 Å². The van der Waals surface area contributed by atoms with E-state index in [-0.39, 0.29) is 5.91 Å². The van der Waals surface area contributed by atoms with Gasteiger partial charge in [-0.3, -0.25) is 9.78 Å². The molecule has 0 saturated carbocycles. The molecule has 2 aromatic rings. The summed E-state index contributed by atoms with van der Waals surface area (Å²) >= 11 is 0. The third-order valence-electron chi connectivity index (χ3n) is 3.05. The number of benzene rings is 1. The first-order chi connectivity index (χ1) is 8.54. The van der Waals surface area contributed by atoms with Gasteiger partial charge in [-0.1, -0.05) is 12.1 Å². The summed E-state index contributed by atoms with van der Waals surface area (Å²) in [6.07, 6.45) is 3.49. The quantitative estimate of drug-likeness (QED) is 0.868. The van der Waals surface area contributed by atoms with E-state index in [1.54, 1.807) is 12.4 Å². The first kappa shape index (κ1) is 12.5. The van der Waals surface area contributed by atoms with E-state index < -0.39 is 5.41 Å². The molecule has 1 aromatic carbocycles. The summed E-state index contributed by atoms with van der Waals surface area (Å²) in [5.74, 6) is -0.0747. The number of rotatable bonds is 3. The van der Waals surface area contributed by atoms with Crippen LogP contribution in [0.5, 0.6) is 0 Å². The number of nitrogens with two attached hydrogens (primary N) is 1. The van der Waals surface area contributed by atoms with Crippen molar-refractivity contribution in [3.63, 3.8) is 0 Å². The van der Waals surface area contributed by atoms with Gasteiger partial charge in [0.2, 0.25) is 5.91 Å². The molecule has 1 heterocycles.